The normalized spacial score (nSPS) is 16.4. The van der Waals surface area contributed by atoms with Gasteiger partial charge in [0.15, 0.2) is 11.3 Å². The van der Waals surface area contributed by atoms with E-state index < -0.39 is 13.4 Å². The minimum Gasteiger partial charge on any atom is -0.480 e. The number of rotatable bonds is 7. The molecule has 0 saturated carbocycles. The Morgan fingerprint density at radius 1 is 1.19 bits per heavy atom. The molecule has 0 radical (unpaired) electrons. The third-order valence-corrected chi connectivity index (χ3v) is 5.46. The van der Waals surface area contributed by atoms with E-state index in [1.54, 1.807) is 62.4 Å². The van der Waals surface area contributed by atoms with Gasteiger partial charge in [-0.15, -0.1) is 6.42 Å². The molecule has 1 aromatic rings. The molecule has 0 bridgehead atoms. The Bertz CT molecular complexity index is 1150. The third kappa shape index (κ3) is 5.43. The topological polar surface area (TPSA) is 125 Å². The van der Waals surface area contributed by atoms with Crippen LogP contribution in [0, 0.1) is 46.3 Å². The van der Waals surface area contributed by atoms with E-state index in [2.05, 4.69) is 5.92 Å². The predicted molar refractivity (Wildman–Crippen MR) is 112 cm³/mol. The molecule has 1 heterocycles. The minimum absolute atomic E-state index is 0.0248. The first-order valence-electron chi connectivity index (χ1n) is 8.83. The molecule has 1 atom stereocenters. The molecule has 9 heteroatoms. The lowest BCUT2D eigenvalue weighted by Gasteiger charge is -2.20. The first-order chi connectivity index (χ1) is 14.7. The number of hydrogen-bond acceptors (Lipinski definition) is 8. The van der Waals surface area contributed by atoms with Crippen LogP contribution in [0.5, 0.6) is 5.75 Å². The van der Waals surface area contributed by atoms with E-state index in [0.717, 1.165) is 5.56 Å². The SMILES string of the molecule is C#CCOP(=O)(OC)Oc1ccc(/C=C/C2=C(C#N)C(=C(C#N)C#N)OC2(C)C)cc1. The van der Waals surface area contributed by atoms with E-state index in [4.69, 9.17) is 35.3 Å². The van der Waals surface area contributed by atoms with Crippen LogP contribution >= 0.6 is 7.82 Å². The van der Waals surface area contributed by atoms with Crippen LogP contribution in [-0.4, -0.2) is 19.3 Å². The van der Waals surface area contributed by atoms with Crippen LogP contribution in [0.4, 0.5) is 0 Å². The molecule has 0 saturated heterocycles. The Hall–Kier alpha value is -3.78. The van der Waals surface area contributed by atoms with Gasteiger partial charge >= 0.3 is 7.82 Å². The number of phosphoric ester groups is 1. The van der Waals surface area contributed by atoms with Gasteiger partial charge < -0.3 is 9.26 Å². The summed E-state index contributed by atoms with van der Waals surface area (Å²) >= 11 is 0. The molecule has 31 heavy (non-hydrogen) atoms. The van der Waals surface area contributed by atoms with Crippen molar-refractivity contribution in [3.63, 3.8) is 0 Å². The molecule has 2 rings (SSSR count). The number of terminal acetylenes is 1. The average molecular weight is 435 g/mol. The van der Waals surface area contributed by atoms with Crippen molar-refractivity contribution in [3.05, 3.63) is 58.4 Å². The van der Waals surface area contributed by atoms with E-state index in [1.807, 2.05) is 6.07 Å². The van der Waals surface area contributed by atoms with Gasteiger partial charge in [-0.3, -0.25) is 9.05 Å². The summed E-state index contributed by atoms with van der Waals surface area (Å²) in [6.45, 7) is 3.24. The first kappa shape index (κ1) is 23.5. The van der Waals surface area contributed by atoms with Crippen LogP contribution in [0.15, 0.2) is 52.8 Å². The quantitative estimate of drug-likeness (QED) is 0.350. The van der Waals surface area contributed by atoms with Crippen molar-refractivity contribution >= 4 is 13.9 Å². The lowest BCUT2D eigenvalue weighted by Crippen LogP contribution is -2.20. The monoisotopic (exact) mass is 435 g/mol. The van der Waals surface area contributed by atoms with Crippen molar-refractivity contribution in [1.29, 1.82) is 15.8 Å². The summed E-state index contributed by atoms with van der Waals surface area (Å²) in [6.07, 6.45) is 8.50. The van der Waals surface area contributed by atoms with Crippen molar-refractivity contribution < 1.29 is 22.9 Å². The van der Waals surface area contributed by atoms with Crippen molar-refractivity contribution in [1.82, 2.24) is 0 Å². The highest BCUT2D eigenvalue weighted by molar-refractivity contribution is 7.48. The van der Waals surface area contributed by atoms with Gasteiger partial charge in [0.1, 0.15) is 41.7 Å². The van der Waals surface area contributed by atoms with Gasteiger partial charge in [0, 0.05) is 12.7 Å². The maximum atomic E-state index is 12.3. The summed E-state index contributed by atoms with van der Waals surface area (Å²) in [5.74, 6) is 2.41. The molecule has 0 amide bonds. The molecular formula is C22H18N3O5P. The number of benzene rings is 1. The number of phosphoric acid groups is 1. The van der Waals surface area contributed by atoms with Crippen LogP contribution in [-0.2, 0) is 18.3 Å². The van der Waals surface area contributed by atoms with Gasteiger partial charge in [-0.05, 0) is 31.5 Å². The fraction of sp³-hybridized carbons (Fsp3) is 0.227. The zero-order chi connectivity index (χ0) is 23.1. The molecule has 1 aromatic carbocycles. The van der Waals surface area contributed by atoms with Crippen LogP contribution in [0.1, 0.15) is 19.4 Å². The van der Waals surface area contributed by atoms with E-state index in [0.29, 0.717) is 5.57 Å². The van der Waals surface area contributed by atoms with E-state index >= 15 is 0 Å². The molecule has 0 fully saturated rings. The molecule has 0 aromatic heterocycles. The molecule has 0 aliphatic carbocycles. The Morgan fingerprint density at radius 2 is 1.84 bits per heavy atom. The van der Waals surface area contributed by atoms with Crippen molar-refractivity contribution in [2.75, 3.05) is 13.7 Å². The maximum absolute atomic E-state index is 12.3. The smallest absolute Gasteiger partial charge is 0.480 e. The summed E-state index contributed by atoms with van der Waals surface area (Å²) in [4.78, 5) is 0. The summed E-state index contributed by atoms with van der Waals surface area (Å²) in [6, 6.07) is 12.0. The Labute approximate surface area is 180 Å². The van der Waals surface area contributed by atoms with Gasteiger partial charge in [-0.25, -0.2) is 4.57 Å². The van der Waals surface area contributed by atoms with Gasteiger partial charge in [0.25, 0.3) is 0 Å². The number of nitriles is 3. The lowest BCUT2D eigenvalue weighted by molar-refractivity contribution is 0.0954. The van der Waals surface area contributed by atoms with Gasteiger partial charge in [-0.2, -0.15) is 15.8 Å². The van der Waals surface area contributed by atoms with Crippen LogP contribution in [0.2, 0.25) is 0 Å². The number of ether oxygens (including phenoxy) is 1. The summed E-state index contributed by atoms with van der Waals surface area (Å²) in [5, 5.41) is 27.8. The van der Waals surface area contributed by atoms with Gasteiger partial charge in [-0.1, -0.05) is 30.2 Å². The van der Waals surface area contributed by atoms with Crippen molar-refractivity contribution in [2.24, 2.45) is 0 Å². The number of allylic oxidation sites excluding steroid dienone is 2. The number of nitrogens with zero attached hydrogens (tertiary/aromatic N) is 3. The number of hydrogen-bond donors (Lipinski definition) is 0. The summed E-state index contributed by atoms with van der Waals surface area (Å²) < 4.78 is 33.0. The first-order valence-corrected chi connectivity index (χ1v) is 10.3. The molecule has 1 aliphatic heterocycles. The van der Waals surface area contributed by atoms with Gasteiger partial charge in [0.05, 0.1) is 0 Å². The van der Waals surface area contributed by atoms with Crippen LogP contribution < -0.4 is 4.52 Å². The molecule has 156 valence electrons. The van der Waals surface area contributed by atoms with Crippen LogP contribution in [0.25, 0.3) is 6.08 Å². The second-order valence-electron chi connectivity index (χ2n) is 6.54. The highest BCUT2D eigenvalue weighted by atomic mass is 31.2. The molecule has 0 N–H and O–H groups in total. The average Bonchev–Trinajstić information content (AvgIpc) is 3.02. The van der Waals surface area contributed by atoms with E-state index in [-0.39, 0.29) is 29.3 Å². The minimum atomic E-state index is -3.82. The van der Waals surface area contributed by atoms with Gasteiger partial charge in [0.2, 0.25) is 0 Å². The van der Waals surface area contributed by atoms with E-state index in [1.165, 1.54) is 7.11 Å². The Kier molecular flexibility index (Phi) is 7.44. The lowest BCUT2D eigenvalue weighted by atomic mass is 9.94. The van der Waals surface area contributed by atoms with Crippen LogP contribution in [0.3, 0.4) is 0 Å². The summed E-state index contributed by atoms with van der Waals surface area (Å²) in [7, 11) is -2.63. The third-order valence-electron chi connectivity index (χ3n) is 4.13. The zero-order valence-corrected chi connectivity index (χ0v) is 18.0. The second kappa shape index (κ2) is 9.82. The second-order valence-corrected chi connectivity index (χ2v) is 8.24. The largest absolute Gasteiger partial charge is 0.530 e. The predicted octanol–water partition coefficient (Wildman–Crippen LogP) is 4.41. The summed E-state index contributed by atoms with van der Waals surface area (Å²) in [5.41, 5.74) is 0.233. The zero-order valence-electron chi connectivity index (χ0n) is 17.1. The van der Waals surface area contributed by atoms with Crippen molar-refractivity contribution in [2.45, 2.75) is 19.4 Å². The fourth-order valence-corrected chi connectivity index (χ4v) is 3.51. The molecule has 1 unspecified atom stereocenters. The molecular weight excluding hydrogens is 417 g/mol. The van der Waals surface area contributed by atoms with E-state index in [9.17, 15) is 9.83 Å². The highest BCUT2D eigenvalue weighted by Crippen LogP contribution is 2.48. The molecule has 8 nitrogen and oxygen atoms in total. The Balaban J connectivity index is 2.31. The fourth-order valence-electron chi connectivity index (χ4n) is 2.66. The molecule has 0 spiro atoms. The maximum Gasteiger partial charge on any atom is 0.530 e. The standard InChI is InChI=1S/C22H18N3O5P/c1-5-12-28-31(26,27-4)30-18-9-6-16(7-10-18)8-11-20-19(15-25)21(17(13-23)14-24)29-22(20,2)3/h1,6-11H,12H2,2-4H3/b11-8+. The highest BCUT2D eigenvalue weighted by Gasteiger charge is 2.38. The Morgan fingerprint density at radius 3 is 2.35 bits per heavy atom. The van der Waals surface area contributed by atoms with Crippen molar-refractivity contribution in [3.8, 4) is 36.3 Å². The molecule has 1 aliphatic rings.